The molecule has 4 heteroatoms. The summed E-state index contributed by atoms with van der Waals surface area (Å²) in [5.74, 6) is -0.0500. The average Bonchev–Trinajstić information content (AvgIpc) is 2.95. The van der Waals surface area contributed by atoms with Gasteiger partial charge in [-0.1, -0.05) is 31.2 Å². The second-order valence-electron chi connectivity index (χ2n) is 5.72. The predicted molar refractivity (Wildman–Crippen MR) is 92.3 cm³/mol. The first-order valence-corrected chi connectivity index (χ1v) is 7.99. The Morgan fingerprint density at radius 3 is 2.83 bits per heavy atom. The van der Waals surface area contributed by atoms with Gasteiger partial charge in [-0.25, -0.2) is 0 Å². The first-order valence-electron chi connectivity index (χ1n) is 7.99. The van der Waals surface area contributed by atoms with Crippen LogP contribution in [0.5, 0.6) is 0 Å². The Hall–Kier alpha value is -2.62. The van der Waals surface area contributed by atoms with Crippen LogP contribution in [0, 0.1) is 0 Å². The maximum absolute atomic E-state index is 12.7. The molecule has 1 unspecified atom stereocenters. The number of para-hydroxylation sites is 1. The van der Waals surface area contributed by atoms with E-state index in [9.17, 15) is 4.79 Å². The van der Waals surface area contributed by atoms with E-state index >= 15 is 0 Å². The van der Waals surface area contributed by atoms with Gasteiger partial charge in [0.05, 0.1) is 6.04 Å². The smallest absolute Gasteiger partial charge is 0.268 e. The molecule has 0 radical (unpaired) electrons. The molecule has 0 aliphatic rings. The number of rotatable bonds is 5. The van der Waals surface area contributed by atoms with Gasteiger partial charge in [-0.3, -0.25) is 9.78 Å². The number of pyridine rings is 1. The minimum Gasteiger partial charge on any atom is -0.344 e. The first-order chi connectivity index (χ1) is 11.2. The summed E-state index contributed by atoms with van der Waals surface area (Å²) in [6.45, 7) is 4.92. The number of fused-ring (bicyclic) bond motifs is 1. The molecule has 2 aromatic heterocycles. The Morgan fingerprint density at radius 1 is 1.26 bits per heavy atom. The van der Waals surface area contributed by atoms with E-state index in [1.165, 1.54) is 0 Å². The lowest BCUT2D eigenvalue weighted by Crippen LogP contribution is -2.28. The van der Waals surface area contributed by atoms with E-state index < -0.39 is 0 Å². The van der Waals surface area contributed by atoms with Crippen LogP contribution in [0.1, 0.15) is 42.4 Å². The fourth-order valence-electron chi connectivity index (χ4n) is 2.85. The predicted octanol–water partition coefficient (Wildman–Crippen LogP) is 3.94. The van der Waals surface area contributed by atoms with Gasteiger partial charge in [-0.2, -0.15) is 0 Å². The average molecular weight is 307 g/mol. The van der Waals surface area contributed by atoms with Crippen molar-refractivity contribution in [2.24, 2.45) is 0 Å². The summed E-state index contributed by atoms with van der Waals surface area (Å²) in [6.07, 6.45) is 4.50. The van der Waals surface area contributed by atoms with Crippen LogP contribution in [0.15, 0.2) is 54.9 Å². The van der Waals surface area contributed by atoms with E-state index in [1.807, 2.05) is 43.3 Å². The van der Waals surface area contributed by atoms with Crippen molar-refractivity contribution < 1.29 is 4.79 Å². The van der Waals surface area contributed by atoms with Gasteiger partial charge < -0.3 is 9.88 Å². The van der Waals surface area contributed by atoms with Gasteiger partial charge in [0, 0.05) is 29.8 Å². The second kappa shape index (κ2) is 6.65. The van der Waals surface area contributed by atoms with Crippen LogP contribution in [0.3, 0.4) is 0 Å². The first kappa shape index (κ1) is 15.3. The van der Waals surface area contributed by atoms with Crippen molar-refractivity contribution in [3.8, 4) is 0 Å². The summed E-state index contributed by atoms with van der Waals surface area (Å²) < 4.78 is 2.10. The topological polar surface area (TPSA) is 46.9 Å². The summed E-state index contributed by atoms with van der Waals surface area (Å²) in [5, 5.41) is 4.17. The number of carbonyl (C=O) groups is 1. The molecule has 1 atom stereocenters. The highest BCUT2D eigenvalue weighted by atomic mass is 16.2. The van der Waals surface area contributed by atoms with Gasteiger partial charge in [0.15, 0.2) is 0 Å². The Balaban J connectivity index is 1.90. The number of aryl methyl sites for hydroxylation is 1. The van der Waals surface area contributed by atoms with Crippen LogP contribution in [-0.2, 0) is 6.54 Å². The van der Waals surface area contributed by atoms with E-state index in [1.54, 1.807) is 12.4 Å². The molecule has 1 aromatic carbocycles. The molecule has 0 saturated carbocycles. The second-order valence-corrected chi connectivity index (χ2v) is 5.72. The molecular weight excluding hydrogens is 286 g/mol. The van der Waals surface area contributed by atoms with Crippen molar-refractivity contribution in [1.82, 2.24) is 14.9 Å². The fraction of sp³-hybridized carbons (Fsp3) is 0.263. The number of nitrogens with one attached hydrogen (secondary N) is 1. The highest BCUT2D eigenvalue weighted by Crippen LogP contribution is 2.21. The molecular formula is C19H21N3O. The molecule has 0 aliphatic carbocycles. The number of nitrogens with zero attached hydrogens (tertiary/aromatic N) is 2. The molecule has 4 nitrogen and oxygen atoms in total. The van der Waals surface area contributed by atoms with Crippen LogP contribution >= 0.6 is 0 Å². The van der Waals surface area contributed by atoms with E-state index in [-0.39, 0.29) is 11.9 Å². The molecule has 0 saturated heterocycles. The normalized spacial score (nSPS) is 12.3. The van der Waals surface area contributed by atoms with Crippen LogP contribution in [-0.4, -0.2) is 15.5 Å². The molecule has 0 bridgehead atoms. The molecule has 3 rings (SSSR count). The van der Waals surface area contributed by atoms with Crippen molar-refractivity contribution in [3.63, 3.8) is 0 Å². The van der Waals surface area contributed by atoms with Crippen LogP contribution in [0.25, 0.3) is 10.9 Å². The van der Waals surface area contributed by atoms with Gasteiger partial charge in [0.1, 0.15) is 5.69 Å². The monoisotopic (exact) mass is 307 g/mol. The summed E-state index contributed by atoms with van der Waals surface area (Å²) >= 11 is 0. The number of amides is 1. The Kier molecular flexibility index (Phi) is 4.42. The highest BCUT2D eigenvalue weighted by molar-refractivity contribution is 5.98. The van der Waals surface area contributed by atoms with Gasteiger partial charge in [-0.15, -0.1) is 0 Å². The Morgan fingerprint density at radius 2 is 2.09 bits per heavy atom. The van der Waals surface area contributed by atoms with Gasteiger partial charge in [0.25, 0.3) is 5.91 Å². The van der Waals surface area contributed by atoms with Gasteiger partial charge >= 0.3 is 0 Å². The summed E-state index contributed by atoms with van der Waals surface area (Å²) in [5.41, 5.74) is 2.82. The molecule has 23 heavy (non-hydrogen) atoms. The Labute approximate surface area is 136 Å². The van der Waals surface area contributed by atoms with E-state index in [4.69, 9.17) is 0 Å². The maximum atomic E-state index is 12.7. The van der Waals surface area contributed by atoms with Gasteiger partial charge in [0.2, 0.25) is 0 Å². The van der Waals surface area contributed by atoms with Gasteiger partial charge in [-0.05, 0) is 37.1 Å². The van der Waals surface area contributed by atoms with Crippen molar-refractivity contribution in [3.05, 3.63) is 66.1 Å². The summed E-state index contributed by atoms with van der Waals surface area (Å²) in [4.78, 5) is 16.9. The van der Waals surface area contributed by atoms with E-state index in [0.29, 0.717) is 5.69 Å². The standard InChI is InChI=1S/C19H21N3O/c1-3-11-22-17-9-5-4-7-15(17)12-18(22)19(23)21-14(2)16-8-6-10-20-13-16/h4-10,12-14H,3,11H2,1-2H3,(H,21,23). The van der Waals surface area contributed by atoms with Crippen molar-refractivity contribution >= 4 is 16.8 Å². The third kappa shape index (κ3) is 3.11. The van der Waals surface area contributed by atoms with Crippen LogP contribution in [0.2, 0.25) is 0 Å². The number of hydrogen-bond acceptors (Lipinski definition) is 2. The zero-order valence-corrected chi connectivity index (χ0v) is 13.5. The van der Waals surface area contributed by atoms with Crippen LogP contribution < -0.4 is 5.32 Å². The fourth-order valence-corrected chi connectivity index (χ4v) is 2.85. The lowest BCUT2D eigenvalue weighted by atomic mass is 10.1. The molecule has 0 aliphatic heterocycles. The third-order valence-electron chi connectivity index (χ3n) is 4.02. The SMILES string of the molecule is CCCn1c(C(=O)NC(C)c2cccnc2)cc2ccccc21. The lowest BCUT2D eigenvalue weighted by Gasteiger charge is -2.15. The summed E-state index contributed by atoms with van der Waals surface area (Å²) in [6, 6.07) is 13.9. The zero-order valence-electron chi connectivity index (χ0n) is 13.5. The van der Waals surface area contributed by atoms with Crippen molar-refractivity contribution in [1.29, 1.82) is 0 Å². The number of carbonyl (C=O) groups excluding carboxylic acids is 1. The maximum Gasteiger partial charge on any atom is 0.268 e. The molecule has 0 spiro atoms. The zero-order chi connectivity index (χ0) is 16.2. The number of hydrogen-bond donors (Lipinski definition) is 1. The highest BCUT2D eigenvalue weighted by Gasteiger charge is 2.17. The molecule has 118 valence electrons. The van der Waals surface area contributed by atoms with E-state index in [0.717, 1.165) is 29.4 Å². The third-order valence-corrected chi connectivity index (χ3v) is 4.02. The number of aromatic nitrogens is 2. The minimum atomic E-state index is -0.0794. The van der Waals surface area contributed by atoms with Crippen molar-refractivity contribution in [2.75, 3.05) is 0 Å². The quantitative estimate of drug-likeness (QED) is 0.776. The summed E-state index contributed by atoms with van der Waals surface area (Å²) in [7, 11) is 0. The van der Waals surface area contributed by atoms with Crippen LogP contribution in [0.4, 0.5) is 0 Å². The molecule has 1 amide bonds. The molecule has 1 N–H and O–H groups in total. The van der Waals surface area contributed by atoms with Crippen molar-refractivity contribution in [2.45, 2.75) is 32.9 Å². The molecule has 3 aromatic rings. The molecule has 2 heterocycles. The number of benzene rings is 1. The Bertz CT molecular complexity index is 808. The minimum absolute atomic E-state index is 0.0500. The molecule has 0 fully saturated rings. The van der Waals surface area contributed by atoms with E-state index in [2.05, 4.69) is 27.9 Å². The lowest BCUT2D eigenvalue weighted by molar-refractivity contribution is 0.0931. The largest absolute Gasteiger partial charge is 0.344 e.